The summed E-state index contributed by atoms with van der Waals surface area (Å²) in [5.41, 5.74) is 0. The molecule has 0 spiro atoms. The fraction of sp³-hybridized carbons (Fsp3) is 0.400. The average Bonchev–Trinajstić information content (AvgIpc) is 3.01. The van der Waals surface area contributed by atoms with Gasteiger partial charge in [0.15, 0.2) is 5.03 Å². The van der Waals surface area contributed by atoms with E-state index in [-0.39, 0.29) is 25.0 Å². The SMILES string of the molecule is CCS(=O)(=O)c1nc(S(=O)(=O)c2ccc(Cl)cc2)c(NCCN(C)C)s1. The van der Waals surface area contributed by atoms with Crippen molar-refractivity contribution in [3.8, 4) is 0 Å². The molecule has 0 bridgehead atoms. The first-order chi connectivity index (χ1) is 12.1. The number of rotatable bonds is 8. The molecule has 0 saturated heterocycles. The van der Waals surface area contributed by atoms with Crippen LogP contribution in [-0.4, -0.2) is 59.7 Å². The highest BCUT2D eigenvalue weighted by atomic mass is 35.5. The second-order valence-electron chi connectivity index (χ2n) is 5.70. The molecule has 0 amide bonds. The maximum atomic E-state index is 12.9. The number of likely N-dealkylation sites (N-methyl/N-ethyl adjacent to an activating group) is 1. The lowest BCUT2D eigenvalue weighted by molar-refractivity contribution is 0.425. The molecule has 2 rings (SSSR count). The van der Waals surface area contributed by atoms with E-state index in [0.29, 0.717) is 18.1 Å². The third kappa shape index (κ3) is 4.74. The van der Waals surface area contributed by atoms with Gasteiger partial charge in [-0.25, -0.2) is 21.8 Å². The number of anilines is 1. The van der Waals surface area contributed by atoms with Crippen LogP contribution in [-0.2, 0) is 19.7 Å². The lowest BCUT2D eigenvalue weighted by Gasteiger charge is -2.11. The van der Waals surface area contributed by atoms with Crippen LogP contribution in [0.25, 0.3) is 0 Å². The Hall–Kier alpha value is -1.20. The Balaban J connectivity index is 2.52. The second-order valence-corrected chi connectivity index (χ2v) is 11.5. The van der Waals surface area contributed by atoms with Gasteiger partial charge in [-0.05, 0) is 38.4 Å². The molecule has 0 unspecified atom stereocenters. The van der Waals surface area contributed by atoms with Gasteiger partial charge in [-0.15, -0.1) is 0 Å². The Bertz CT molecular complexity index is 968. The fourth-order valence-corrected chi connectivity index (χ4v) is 6.10. The van der Waals surface area contributed by atoms with Crippen LogP contribution >= 0.6 is 22.9 Å². The van der Waals surface area contributed by atoms with Crippen molar-refractivity contribution >= 4 is 47.6 Å². The van der Waals surface area contributed by atoms with Crippen LogP contribution < -0.4 is 5.32 Å². The fourth-order valence-electron chi connectivity index (χ4n) is 1.96. The number of aromatic nitrogens is 1. The molecule has 0 radical (unpaired) electrons. The van der Waals surface area contributed by atoms with Gasteiger partial charge in [0.2, 0.25) is 24.0 Å². The topological polar surface area (TPSA) is 96.4 Å². The standard InChI is InChI=1S/C15H20ClN3O4S3/c1-4-25(20,21)15-18-14(13(24-15)17-9-10-19(2)3)26(22,23)12-7-5-11(16)6-8-12/h5-8,17H,4,9-10H2,1-3H3. The Kier molecular flexibility index (Phi) is 6.67. The number of sulfone groups is 2. The molecule has 1 aromatic carbocycles. The normalized spacial score (nSPS) is 12.5. The highest BCUT2D eigenvalue weighted by Crippen LogP contribution is 2.35. The zero-order valence-corrected chi connectivity index (χ0v) is 17.8. The first kappa shape index (κ1) is 21.1. The van der Waals surface area contributed by atoms with Crippen molar-refractivity contribution < 1.29 is 16.8 Å². The predicted octanol–water partition coefficient (Wildman–Crippen LogP) is 2.40. The zero-order chi connectivity index (χ0) is 19.5. The van der Waals surface area contributed by atoms with Crippen molar-refractivity contribution in [2.45, 2.75) is 21.2 Å². The molecule has 11 heteroatoms. The molecule has 144 valence electrons. The molecule has 1 N–H and O–H groups in total. The van der Waals surface area contributed by atoms with Gasteiger partial charge in [0.1, 0.15) is 5.00 Å². The average molecular weight is 438 g/mol. The quantitative estimate of drug-likeness (QED) is 0.677. The molecule has 7 nitrogen and oxygen atoms in total. The third-order valence-corrected chi connectivity index (χ3v) is 8.73. The van der Waals surface area contributed by atoms with Gasteiger partial charge in [0, 0.05) is 18.1 Å². The summed E-state index contributed by atoms with van der Waals surface area (Å²) in [5, 5.41) is 3.33. The van der Waals surface area contributed by atoms with Crippen LogP contribution in [0.3, 0.4) is 0 Å². The monoisotopic (exact) mass is 437 g/mol. The van der Waals surface area contributed by atoms with Crippen LogP contribution in [0.15, 0.2) is 38.5 Å². The Morgan fingerprint density at radius 2 is 1.77 bits per heavy atom. The lowest BCUT2D eigenvalue weighted by Crippen LogP contribution is -2.21. The van der Waals surface area contributed by atoms with Gasteiger partial charge in [-0.2, -0.15) is 0 Å². The molecular formula is C15H20ClN3O4S3. The van der Waals surface area contributed by atoms with Crippen molar-refractivity contribution in [1.82, 2.24) is 9.88 Å². The molecule has 0 atom stereocenters. The Morgan fingerprint density at radius 3 is 2.31 bits per heavy atom. The molecular weight excluding hydrogens is 418 g/mol. The van der Waals surface area contributed by atoms with E-state index in [9.17, 15) is 16.8 Å². The van der Waals surface area contributed by atoms with Crippen molar-refractivity contribution in [2.75, 3.05) is 38.3 Å². The molecule has 0 aliphatic rings. The molecule has 26 heavy (non-hydrogen) atoms. The summed E-state index contributed by atoms with van der Waals surface area (Å²) in [4.78, 5) is 5.88. The summed E-state index contributed by atoms with van der Waals surface area (Å²) < 4.78 is 50.0. The van der Waals surface area contributed by atoms with E-state index in [0.717, 1.165) is 11.3 Å². The van der Waals surface area contributed by atoms with Crippen LogP contribution in [0.5, 0.6) is 0 Å². The smallest absolute Gasteiger partial charge is 0.226 e. The molecule has 2 aromatic rings. The van der Waals surface area contributed by atoms with E-state index in [1.165, 1.54) is 31.2 Å². The molecule has 0 aliphatic heterocycles. The number of halogens is 1. The van der Waals surface area contributed by atoms with Crippen molar-refractivity contribution in [1.29, 1.82) is 0 Å². The number of nitrogens with one attached hydrogen (secondary N) is 1. The van der Waals surface area contributed by atoms with Crippen molar-refractivity contribution in [3.05, 3.63) is 29.3 Å². The zero-order valence-electron chi connectivity index (χ0n) is 14.6. The molecule has 1 aromatic heterocycles. The van der Waals surface area contributed by atoms with Crippen molar-refractivity contribution in [3.63, 3.8) is 0 Å². The van der Waals surface area contributed by atoms with Gasteiger partial charge in [0.05, 0.1) is 10.6 Å². The molecule has 0 aliphatic carbocycles. The minimum absolute atomic E-state index is 0.00306. The van der Waals surface area contributed by atoms with Crippen LogP contribution in [0, 0.1) is 0 Å². The van der Waals surface area contributed by atoms with Crippen LogP contribution in [0.2, 0.25) is 5.02 Å². The number of nitrogens with zero attached hydrogens (tertiary/aromatic N) is 2. The number of hydrogen-bond donors (Lipinski definition) is 1. The minimum Gasteiger partial charge on any atom is -0.373 e. The number of thiazole rings is 1. The summed E-state index contributed by atoms with van der Waals surface area (Å²) in [6.07, 6.45) is 0. The Labute approximate surface area is 162 Å². The largest absolute Gasteiger partial charge is 0.373 e. The number of benzene rings is 1. The predicted molar refractivity (Wildman–Crippen MR) is 104 cm³/mol. The maximum Gasteiger partial charge on any atom is 0.226 e. The summed E-state index contributed by atoms with van der Waals surface area (Å²) in [5.74, 6) is -0.155. The van der Waals surface area contributed by atoms with Crippen molar-refractivity contribution in [2.24, 2.45) is 0 Å². The van der Waals surface area contributed by atoms with E-state index in [2.05, 4.69) is 10.3 Å². The first-order valence-electron chi connectivity index (χ1n) is 7.70. The van der Waals surface area contributed by atoms with E-state index >= 15 is 0 Å². The van der Waals surface area contributed by atoms with Gasteiger partial charge in [0.25, 0.3) is 0 Å². The van der Waals surface area contributed by atoms with Gasteiger partial charge >= 0.3 is 0 Å². The minimum atomic E-state index is -3.98. The van der Waals surface area contributed by atoms with Crippen LogP contribution in [0.4, 0.5) is 5.00 Å². The summed E-state index contributed by atoms with van der Waals surface area (Å²) >= 11 is 6.65. The van der Waals surface area contributed by atoms with E-state index < -0.39 is 19.7 Å². The van der Waals surface area contributed by atoms with E-state index in [4.69, 9.17) is 11.6 Å². The highest BCUT2D eigenvalue weighted by molar-refractivity contribution is 7.94. The number of hydrogen-bond acceptors (Lipinski definition) is 8. The molecule has 0 saturated carbocycles. The second kappa shape index (κ2) is 8.22. The summed E-state index contributed by atoms with van der Waals surface area (Å²) in [6, 6.07) is 5.66. The van der Waals surface area contributed by atoms with Crippen LogP contribution in [0.1, 0.15) is 6.92 Å². The highest BCUT2D eigenvalue weighted by Gasteiger charge is 2.29. The van der Waals surface area contributed by atoms with Gasteiger partial charge in [-0.1, -0.05) is 29.9 Å². The van der Waals surface area contributed by atoms with E-state index in [1.54, 1.807) is 0 Å². The molecule has 1 heterocycles. The van der Waals surface area contributed by atoms with E-state index in [1.807, 2.05) is 19.0 Å². The summed E-state index contributed by atoms with van der Waals surface area (Å²) in [7, 11) is -3.84. The lowest BCUT2D eigenvalue weighted by atomic mass is 10.4. The third-order valence-electron chi connectivity index (χ3n) is 3.45. The Morgan fingerprint density at radius 1 is 1.15 bits per heavy atom. The maximum absolute atomic E-state index is 12.9. The first-order valence-corrected chi connectivity index (χ1v) is 12.0. The molecule has 0 fully saturated rings. The van der Waals surface area contributed by atoms with Gasteiger partial charge < -0.3 is 10.2 Å². The summed E-state index contributed by atoms with van der Waals surface area (Å²) in [6.45, 7) is 2.58. The van der Waals surface area contributed by atoms with Gasteiger partial charge in [-0.3, -0.25) is 0 Å².